The molecule has 310 valence electrons. The topological polar surface area (TPSA) is 19.6 Å². The number of furan rings is 1. The lowest BCUT2D eigenvalue weighted by Gasteiger charge is -2.52. The molecule has 63 heavy (non-hydrogen) atoms. The smallest absolute Gasteiger partial charge is 0.329 e. The minimum Gasteiger partial charge on any atom is -0.454 e. The van der Waals surface area contributed by atoms with Gasteiger partial charge >= 0.3 is 6.85 Å². The van der Waals surface area contributed by atoms with E-state index in [2.05, 4.69) is 214 Å². The van der Waals surface area contributed by atoms with E-state index in [1.165, 1.54) is 94.6 Å². The molecule has 0 unspecified atom stereocenters. The molecule has 1 aromatic heterocycles. The SMILES string of the molecule is CC(C)(C)c1ccc2c(c1)B1c3cc(C(C)(C)C)ccc3-c3ccc4c5c3N1c1c(cc(C(C)(C)C)cc1-2)B5c1cc(C(C)(C)C)ccc1N4c1cccc2c1oc1ccccc12. The molecule has 3 nitrogen and oxygen atoms in total. The monoisotopic (exact) mass is 818 g/mol. The zero-order valence-corrected chi connectivity index (χ0v) is 39.0. The molecule has 8 aromatic rings. The number of hydrogen-bond acceptors (Lipinski definition) is 3. The van der Waals surface area contributed by atoms with Crippen LogP contribution in [0.2, 0.25) is 0 Å². The van der Waals surface area contributed by atoms with Crippen LogP contribution in [0.15, 0.2) is 126 Å². The Balaban J connectivity index is 1.26. The van der Waals surface area contributed by atoms with Crippen LogP contribution in [0.4, 0.5) is 28.4 Å². The van der Waals surface area contributed by atoms with Gasteiger partial charge in [-0.1, -0.05) is 174 Å². The van der Waals surface area contributed by atoms with Crippen LogP contribution in [0.5, 0.6) is 0 Å². The maximum Gasteiger partial charge on any atom is 0.329 e. The van der Waals surface area contributed by atoms with Gasteiger partial charge in [-0.05, 0) is 113 Å². The quantitative estimate of drug-likeness (QED) is 0.154. The van der Waals surface area contributed by atoms with Gasteiger partial charge in [-0.25, -0.2) is 0 Å². The van der Waals surface area contributed by atoms with Gasteiger partial charge < -0.3 is 14.1 Å². The van der Waals surface area contributed by atoms with E-state index in [0.29, 0.717) is 0 Å². The van der Waals surface area contributed by atoms with Crippen molar-refractivity contribution >= 4 is 91.2 Å². The van der Waals surface area contributed by atoms with E-state index in [0.717, 1.165) is 27.6 Å². The molecule has 12 rings (SSSR count). The van der Waals surface area contributed by atoms with Crippen LogP contribution in [-0.4, -0.2) is 13.6 Å². The maximum absolute atomic E-state index is 6.88. The fourth-order valence-electron chi connectivity index (χ4n) is 11.4. The normalized spacial score (nSPS) is 14.9. The Hall–Kier alpha value is -5.93. The highest BCUT2D eigenvalue weighted by molar-refractivity contribution is 7.03. The van der Waals surface area contributed by atoms with Crippen molar-refractivity contribution < 1.29 is 4.42 Å². The molecule has 4 aliphatic rings. The largest absolute Gasteiger partial charge is 0.454 e. The van der Waals surface area contributed by atoms with Crippen molar-refractivity contribution in [2.24, 2.45) is 0 Å². The Morgan fingerprint density at radius 1 is 0.413 bits per heavy atom. The molecule has 0 radical (unpaired) electrons. The molecular weight excluding hydrogens is 762 g/mol. The average molecular weight is 819 g/mol. The number of fused-ring (bicyclic) bond motifs is 12. The molecule has 0 atom stereocenters. The summed E-state index contributed by atoms with van der Waals surface area (Å²) in [5, 5.41) is 2.28. The molecule has 0 aliphatic carbocycles. The van der Waals surface area contributed by atoms with Crippen molar-refractivity contribution in [3.05, 3.63) is 144 Å². The van der Waals surface area contributed by atoms with Crippen LogP contribution < -0.4 is 37.0 Å². The Bertz CT molecular complexity index is 3310. The summed E-state index contributed by atoms with van der Waals surface area (Å²) >= 11 is 0. The standard InChI is InChI=1S/C58H56B2N2O/c1-55(2,3)33-20-23-37-40-25-27-48-51-53(40)62-52-42(38-24-21-34(56(4,5)6)30-44(38)60(62)43(37)29-33)28-36(58(10,11)12)32-46(52)59(51)45-31-35(57(7,8)9)22-26-47(45)61(48)49-18-15-17-41-39-16-13-14-19-50(39)63-54(41)49/h13-32H,1-12H3. The van der Waals surface area contributed by atoms with Gasteiger partial charge in [0.1, 0.15) is 5.58 Å². The predicted octanol–water partition coefficient (Wildman–Crippen LogP) is 12.3. The van der Waals surface area contributed by atoms with Crippen LogP contribution in [0.25, 0.3) is 44.2 Å². The molecule has 4 aliphatic heterocycles. The molecule has 7 aromatic carbocycles. The molecule has 0 amide bonds. The first-order valence-corrected chi connectivity index (χ1v) is 23.1. The van der Waals surface area contributed by atoms with Crippen molar-refractivity contribution in [3.63, 3.8) is 0 Å². The molecule has 0 bridgehead atoms. The van der Waals surface area contributed by atoms with Crippen molar-refractivity contribution in [2.75, 3.05) is 9.71 Å². The first-order valence-electron chi connectivity index (χ1n) is 23.1. The average Bonchev–Trinajstić information content (AvgIpc) is 3.62. The zero-order valence-electron chi connectivity index (χ0n) is 39.0. The summed E-state index contributed by atoms with van der Waals surface area (Å²) in [6.07, 6.45) is 0. The summed E-state index contributed by atoms with van der Waals surface area (Å²) in [7, 11) is 0. The molecule has 0 spiro atoms. The minimum atomic E-state index is -0.0668. The molecule has 0 N–H and O–H groups in total. The first kappa shape index (κ1) is 38.7. The van der Waals surface area contributed by atoms with Gasteiger partial charge in [0.25, 0.3) is 6.71 Å². The Labute approximate surface area is 374 Å². The van der Waals surface area contributed by atoms with E-state index in [1.54, 1.807) is 0 Å². The van der Waals surface area contributed by atoms with Gasteiger partial charge in [0, 0.05) is 44.6 Å². The first-order chi connectivity index (χ1) is 29.8. The second kappa shape index (κ2) is 12.4. The highest BCUT2D eigenvalue weighted by Gasteiger charge is 2.53. The molecule has 5 heteroatoms. The summed E-state index contributed by atoms with van der Waals surface area (Å²) in [6.45, 7) is 28.3. The summed E-state index contributed by atoms with van der Waals surface area (Å²) in [6, 6.07) is 47.3. The van der Waals surface area contributed by atoms with E-state index in [4.69, 9.17) is 4.42 Å². The van der Waals surface area contributed by atoms with E-state index < -0.39 is 0 Å². The second-order valence-electron chi connectivity index (χ2n) is 23.0. The highest BCUT2D eigenvalue weighted by Crippen LogP contribution is 2.53. The summed E-state index contributed by atoms with van der Waals surface area (Å²) < 4.78 is 6.88. The van der Waals surface area contributed by atoms with E-state index in [1.807, 2.05) is 0 Å². The highest BCUT2D eigenvalue weighted by atomic mass is 16.3. The van der Waals surface area contributed by atoms with Crippen LogP contribution in [0, 0.1) is 0 Å². The molecule has 5 heterocycles. The van der Waals surface area contributed by atoms with Crippen LogP contribution in [0.1, 0.15) is 105 Å². The third-order valence-electron chi connectivity index (χ3n) is 14.9. The van der Waals surface area contributed by atoms with Crippen molar-refractivity contribution in [1.29, 1.82) is 0 Å². The number of benzene rings is 7. The third kappa shape index (κ3) is 5.35. The molecule has 0 fully saturated rings. The minimum absolute atomic E-state index is 0.000230. The zero-order chi connectivity index (χ0) is 43.9. The fraction of sp³-hybridized carbons (Fsp3) is 0.276. The lowest BCUT2D eigenvalue weighted by Crippen LogP contribution is -2.69. The molecule has 0 saturated carbocycles. The van der Waals surface area contributed by atoms with Gasteiger partial charge in [0.2, 0.25) is 0 Å². The third-order valence-corrected chi connectivity index (χ3v) is 14.9. The Kier molecular flexibility index (Phi) is 7.63. The number of nitrogens with zero attached hydrogens (tertiary/aromatic N) is 2. The predicted molar refractivity (Wildman–Crippen MR) is 272 cm³/mol. The number of anilines is 5. The number of hydrogen-bond donors (Lipinski definition) is 0. The van der Waals surface area contributed by atoms with Crippen LogP contribution in [-0.2, 0) is 21.7 Å². The lowest BCUT2D eigenvalue weighted by molar-refractivity contribution is 0.590. The Morgan fingerprint density at radius 2 is 0.952 bits per heavy atom. The second-order valence-corrected chi connectivity index (χ2v) is 23.0. The lowest BCUT2D eigenvalue weighted by atomic mass is 9.30. The van der Waals surface area contributed by atoms with E-state index in [-0.39, 0.29) is 35.2 Å². The van der Waals surface area contributed by atoms with E-state index in [9.17, 15) is 0 Å². The summed E-state index contributed by atoms with van der Waals surface area (Å²) in [5.41, 5.74) is 25.7. The van der Waals surface area contributed by atoms with Gasteiger partial charge in [-0.3, -0.25) is 0 Å². The number of rotatable bonds is 1. The van der Waals surface area contributed by atoms with Gasteiger partial charge in [0.05, 0.1) is 5.69 Å². The van der Waals surface area contributed by atoms with Crippen molar-refractivity contribution in [1.82, 2.24) is 0 Å². The van der Waals surface area contributed by atoms with Crippen molar-refractivity contribution in [2.45, 2.75) is 105 Å². The summed E-state index contributed by atoms with van der Waals surface area (Å²) in [4.78, 5) is 5.35. The van der Waals surface area contributed by atoms with E-state index >= 15 is 0 Å². The summed E-state index contributed by atoms with van der Waals surface area (Å²) in [5.74, 6) is 0. The van der Waals surface area contributed by atoms with Crippen LogP contribution in [0.3, 0.4) is 0 Å². The molecule has 0 saturated heterocycles. The fourth-order valence-corrected chi connectivity index (χ4v) is 11.4. The van der Waals surface area contributed by atoms with Crippen molar-refractivity contribution in [3.8, 4) is 22.3 Å². The maximum atomic E-state index is 6.88. The van der Waals surface area contributed by atoms with Gasteiger partial charge in [-0.2, -0.15) is 0 Å². The van der Waals surface area contributed by atoms with Gasteiger partial charge in [0.15, 0.2) is 5.58 Å². The van der Waals surface area contributed by atoms with Gasteiger partial charge in [-0.15, -0.1) is 0 Å². The molecular formula is C58H56B2N2O. The van der Waals surface area contributed by atoms with Crippen LogP contribution >= 0.6 is 0 Å². The Morgan fingerprint density at radius 3 is 1.60 bits per heavy atom. The number of para-hydroxylation sites is 2.